The first kappa shape index (κ1) is 14.7. The van der Waals surface area contributed by atoms with Gasteiger partial charge in [0.05, 0.1) is 6.61 Å². The number of primary sulfonamides is 1. The van der Waals surface area contributed by atoms with Gasteiger partial charge in [-0.2, -0.15) is 0 Å². The minimum Gasteiger partial charge on any atom is -0.455 e. The predicted octanol–water partition coefficient (Wildman–Crippen LogP) is -0.0462. The van der Waals surface area contributed by atoms with E-state index in [1.54, 1.807) is 7.05 Å². The maximum atomic E-state index is 11.9. The maximum Gasteiger partial charge on any atom is 0.289 e. The van der Waals surface area contributed by atoms with Gasteiger partial charge in [0.15, 0.2) is 5.76 Å². The van der Waals surface area contributed by atoms with Crippen molar-refractivity contribution in [2.45, 2.75) is 11.8 Å². The molecule has 0 saturated heterocycles. The monoisotopic (exact) mass is 276 g/mol. The molecule has 0 aliphatic rings. The molecule has 0 radical (unpaired) electrons. The van der Waals surface area contributed by atoms with Crippen molar-refractivity contribution in [2.24, 2.45) is 5.14 Å². The molecule has 0 unspecified atom stereocenters. The van der Waals surface area contributed by atoms with Crippen LogP contribution in [0.15, 0.2) is 15.4 Å². The van der Waals surface area contributed by atoms with Crippen LogP contribution >= 0.6 is 0 Å². The van der Waals surface area contributed by atoms with Crippen molar-refractivity contribution in [3.05, 3.63) is 17.6 Å². The van der Waals surface area contributed by atoms with E-state index in [0.29, 0.717) is 13.2 Å². The van der Waals surface area contributed by atoms with Crippen LogP contribution in [0.2, 0.25) is 0 Å². The number of hydrogen-bond acceptors (Lipinski definition) is 5. The second-order valence-electron chi connectivity index (χ2n) is 3.80. The van der Waals surface area contributed by atoms with Crippen LogP contribution in [0.5, 0.6) is 0 Å². The van der Waals surface area contributed by atoms with E-state index in [1.165, 1.54) is 18.9 Å². The lowest BCUT2D eigenvalue weighted by Gasteiger charge is -2.14. The Morgan fingerprint density at radius 1 is 1.56 bits per heavy atom. The lowest BCUT2D eigenvalue weighted by molar-refractivity contribution is 0.0712. The van der Waals surface area contributed by atoms with Crippen molar-refractivity contribution in [1.29, 1.82) is 0 Å². The van der Waals surface area contributed by atoms with Gasteiger partial charge >= 0.3 is 0 Å². The van der Waals surface area contributed by atoms with E-state index < -0.39 is 15.9 Å². The third-order valence-corrected chi connectivity index (χ3v) is 3.39. The highest BCUT2D eigenvalue weighted by atomic mass is 32.2. The predicted molar refractivity (Wildman–Crippen MR) is 63.7 cm³/mol. The van der Waals surface area contributed by atoms with Gasteiger partial charge in [-0.15, -0.1) is 0 Å². The number of amides is 1. The third-order valence-electron chi connectivity index (χ3n) is 2.37. The normalized spacial score (nSPS) is 11.6. The molecule has 1 aromatic rings. The van der Waals surface area contributed by atoms with Crippen molar-refractivity contribution in [2.75, 3.05) is 27.3 Å². The number of nitrogens with two attached hydrogens (primary N) is 1. The maximum absolute atomic E-state index is 11.9. The number of furan rings is 1. The van der Waals surface area contributed by atoms with Gasteiger partial charge in [-0.05, 0) is 6.92 Å². The lowest BCUT2D eigenvalue weighted by atomic mass is 10.4. The number of sulfonamides is 1. The van der Waals surface area contributed by atoms with Gasteiger partial charge in [0.1, 0.15) is 10.7 Å². The average Bonchev–Trinajstić information content (AvgIpc) is 2.66. The van der Waals surface area contributed by atoms with E-state index >= 15 is 0 Å². The van der Waals surface area contributed by atoms with Crippen molar-refractivity contribution in [3.8, 4) is 0 Å². The zero-order chi connectivity index (χ0) is 13.9. The van der Waals surface area contributed by atoms with Crippen molar-refractivity contribution >= 4 is 15.9 Å². The van der Waals surface area contributed by atoms with E-state index in [2.05, 4.69) is 0 Å². The van der Waals surface area contributed by atoms with Crippen molar-refractivity contribution < 1.29 is 22.4 Å². The highest BCUT2D eigenvalue weighted by molar-refractivity contribution is 7.89. The van der Waals surface area contributed by atoms with Crippen LogP contribution in [0.4, 0.5) is 0 Å². The summed E-state index contributed by atoms with van der Waals surface area (Å²) in [4.78, 5) is 13.1. The van der Waals surface area contributed by atoms with Crippen LogP contribution in [0.25, 0.3) is 0 Å². The van der Waals surface area contributed by atoms with Gasteiger partial charge in [-0.1, -0.05) is 0 Å². The molecule has 8 heteroatoms. The Morgan fingerprint density at radius 3 is 2.61 bits per heavy atom. The van der Waals surface area contributed by atoms with Crippen molar-refractivity contribution in [1.82, 2.24) is 4.90 Å². The molecular weight excluding hydrogens is 260 g/mol. The number of rotatable bonds is 5. The number of ether oxygens (including phenoxy) is 1. The highest BCUT2D eigenvalue weighted by Gasteiger charge is 2.22. The lowest BCUT2D eigenvalue weighted by Crippen LogP contribution is -2.29. The topological polar surface area (TPSA) is 103 Å². The molecule has 0 bridgehead atoms. The Morgan fingerprint density at radius 2 is 2.17 bits per heavy atom. The largest absolute Gasteiger partial charge is 0.455 e. The number of carbonyl (C=O) groups excluding carboxylic acids is 1. The minimum atomic E-state index is -3.88. The number of hydrogen-bond donors (Lipinski definition) is 1. The van der Waals surface area contributed by atoms with Crippen LogP contribution < -0.4 is 5.14 Å². The van der Waals surface area contributed by atoms with Gasteiger partial charge in [-0.3, -0.25) is 4.79 Å². The van der Waals surface area contributed by atoms with Gasteiger partial charge in [-0.25, -0.2) is 13.6 Å². The summed E-state index contributed by atoms with van der Waals surface area (Å²) >= 11 is 0. The summed E-state index contributed by atoms with van der Waals surface area (Å²) in [6.45, 7) is 2.19. The molecule has 0 aliphatic carbocycles. The highest BCUT2D eigenvalue weighted by Crippen LogP contribution is 2.19. The van der Waals surface area contributed by atoms with Crippen LogP contribution in [-0.4, -0.2) is 46.5 Å². The zero-order valence-corrected chi connectivity index (χ0v) is 11.3. The summed E-state index contributed by atoms with van der Waals surface area (Å²) in [6, 6.07) is 1.14. The zero-order valence-electron chi connectivity index (χ0n) is 10.5. The fourth-order valence-electron chi connectivity index (χ4n) is 1.37. The molecule has 1 heterocycles. The van der Waals surface area contributed by atoms with E-state index in [0.717, 1.165) is 6.07 Å². The van der Waals surface area contributed by atoms with Crippen molar-refractivity contribution in [3.63, 3.8) is 0 Å². The molecular formula is C10H16N2O5S. The molecule has 7 nitrogen and oxygen atoms in total. The van der Waals surface area contributed by atoms with Crippen LogP contribution in [-0.2, 0) is 14.8 Å². The molecule has 0 spiro atoms. The van der Waals surface area contributed by atoms with E-state index in [1.807, 2.05) is 0 Å². The Hall–Kier alpha value is -1.38. The summed E-state index contributed by atoms with van der Waals surface area (Å²) in [5.41, 5.74) is 0. The molecule has 1 amide bonds. The molecule has 1 aromatic heterocycles. The average molecular weight is 276 g/mol. The summed E-state index contributed by atoms with van der Waals surface area (Å²) in [5.74, 6) is -0.388. The second kappa shape index (κ2) is 5.51. The number of nitrogens with zero attached hydrogens (tertiary/aromatic N) is 1. The first-order valence-electron chi connectivity index (χ1n) is 5.15. The van der Waals surface area contributed by atoms with Gasteiger partial charge in [0.2, 0.25) is 10.0 Å². The summed E-state index contributed by atoms with van der Waals surface area (Å²) in [5, 5.41) is 4.99. The minimum absolute atomic E-state index is 0.0601. The van der Waals surface area contributed by atoms with E-state index in [-0.39, 0.29) is 16.4 Å². The quantitative estimate of drug-likeness (QED) is 0.812. The summed E-state index contributed by atoms with van der Waals surface area (Å²) < 4.78 is 32.4. The third kappa shape index (κ3) is 3.31. The molecule has 102 valence electrons. The summed E-state index contributed by atoms with van der Waals surface area (Å²) in [6.07, 6.45) is 0. The number of methoxy groups -OCH3 is 1. The Balaban J connectivity index is 2.95. The molecule has 0 aromatic carbocycles. The SMILES string of the molecule is COCCN(C)C(=O)c1cc(S(N)(=O)=O)c(C)o1. The molecule has 18 heavy (non-hydrogen) atoms. The molecule has 1 rings (SSSR count). The smallest absolute Gasteiger partial charge is 0.289 e. The first-order chi connectivity index (χ1) is 8.27. The summed E-state index contributed by atoms with van der Waals surface area (Å²) in [7, 11) is -0.790. The Bertz CT molecular complexity index is 534. The standard InChI is InChI=1S/C10H16N2O5S/c1-7-9(18(11,14)15)6-8(17-7)10(13)12(2)4-5-16-3/h6H,4-5H2,1-3H3,(H2,11,14,15). The van der Waals surface area contributed by atoms with Crippen LogP contribution in [0, 0.1) is 6.92 Å². The molecule has 2 N–H and O–H groups in total. The Kier molecular flexibility index (Phi) is 4.49. The van der Waals surface area contributed by atoms with Crippen LogP contribution in [0.1, 0.15) is 16.3 Å². The fraction of sp³-hybridized carbons (Fsp3) is 0.500. The molecule has 0 aliphatic heterocycles. The first-order valence-corrected chi connectivity index (χ1v) is 6.69. The molecule has 0 fully saturated rings. The van der Waals surface area contributed by atoms with E-state index in [9.17, 15) is 13.2 Å². The molecule has 0 atom stereocenters. The van der Waals surface area contributed by atoms with E-state index in [4.69, 9.17) is 14.3 Å². The van der Waals surface area contributed by atoms with Crippen LogP contribution in [0.3, 0.4) is 0 Å². The van der Waals surface area contributed by atoms with Gasteiger partial charge in [0, 0.05) is 26.8 Å². The number of carbonyl (C=O) groups is 1. The molecule has 0 saturated carbocycles. The number of aryl methyl sites for hydroxylation is 1. The van der Waals surface area contributed by atoms with Gasteiger partial charge in [0.25, 0.3) is 5.91 Å². The second-order valence-corrected chi connectivity index (χ2v) is 5.33. The fourth-order valence-corrected chi connectivity index (χ4v) is 2.08. The van der Waals surface area contributed by atoms with Gasteiger partial charge < -0.3 is 14.1 Å². The number of likely N-dealkylation sites (N-methyl/N-ethyl adjacent to an activating group) is 1. The Labute approximate surface area is 106 Å².